The van der Waals surface area contributed by atoms with E-state index in [1.165, 1.54) is 19.1 Å². The number of aliphatic hydroxyl groups excluding tert-OH is 1. The van der Waals surface area contributed by atoms with E-state index in [-0.39, 0.29) is 31.6 Å². The fraction of sp³-hybridized carbons (Fsp3) is 0.385. The molecule has 20 heavy (non-hydrogen) atoms. The summed E-state index contributed by atoms with van der Waals surface area (Å²) in [6.07, 6.45) is 0. The summed E-state index contributed by atoms with van der Waals surface area (Å²) in [5.41, 5.74) is 0.994. The van der Waals surface area contributed by atoms with Crippen LogP contribution in [0, 0.1) is 0 Å². The molecule has 1 aliphatic rings. The van der Waals surface area contributed by atoms with Gasteiger partial charge in [0.2, 0.25) is 5.91 Å². The maximum Gasteiger partial charge on any atom is 0.265 e. The summed E-state index contributed by atoms with van der Waals surface area (Å²) >= 11 is 0. The highest BCUT2D eigenvalue weighted by atomic mass is 16.5. The molecule has 1 aliphatic heterocycles. The van der Waals surface area contributed by atoms with Crippen LogP contribution in [0.2, 0.25) is 0 Å². The number of carbonyl (C=O) groups is 2. The van der Waals surface area contributed by atoms with Crippen molar-refractivity contribution in [2.45, 2.75) is 6.61 Å². The van der Waals surface area contributed by atoms with Crippen molar-refractivity contribution in [1.82, 2.24) is 5.32 Å². The van der Waals surface area contributed by atoms with E-state index >= 15 is 0 Å². The number of rotatable bonds is 4. The Bertz CT molecular complexity index is 544. The lowest BCUT2D eigenvalue weighted by atomic mass is 10.1. The Morgan fingerprint density at radius 2 is 2.30 bits per heavy atom. The molecule has 0 bridgehead atoms. The second-order valence-electron chi connectivity index (χ2n) is 4.25. The molecular formula is C13H16N2O5. The summed E-state index contributed by atoms with van der Waals surface area (Å²) in [6.45, 7) is -0.464. The van der Waals surface area contributed by atoms with Gasteiger partial charge in [-0.2, -0.15) is 0 Å². The number of fused-ring (bicyclic) bond motifs is 1. The van der Waals surface area contributed by atoms with E-state index in [4.69, 9.17) is 9.47 Å². The molecule has 0 spiro atoms. The Kier molecular flexibility index (Phi) is 4.09. The lowest BCUT2D eigenvalue weighted by Crippen LogP contribution is -2.44. The van der Waals surface area contributed by atoms with Gasteiger partial charge in [0.1, 0.15) is 6.54 Å². The van der Waals surface area contributed by atoms with Crippen molar-refractivity contribution in [3.8, 4) is 11.5 Å². The molecule has 0 fully saturated rings. The molecule has 0 unspecified atom stereocenters. The van der Waals surface area contributed by atoms with Crippen molar-refractivity contribution >= 4 is 17.5 Å². The summed E-state index contributed by atoms with van der Waals surface area (Å²) in [7, 11) is 2.97. The second-order valence-corrected chi connectivity index (χ2v) is 4.25. The summed E-state index contributed by atoms with van der Waals surface area (Å²) in [6, 6.07) is 3.24. The fourth-order valence-electron chi connectivity index (χ4n) is 1.97. The minimum atomic E-state index is -0.321. The Morgan fingerprint density at radius 3 is 2.90 bits per heavy atom. The predicted molar refractivity (Wildman–Crippen MR) is 70.8 cm³/mol. The number of nitrogens with one attached hydrogen (secondary N) is 1. The smallest absolute Gasteiger partial charge is 0.265 e. The standard InChI is InChI=1S/C13H16N2O5/c1-14-11(17)5-15-9-3-8(6-16)4-10(19-2)13(9)20-7-12(15)18/h3-4,16H,5-7H2,1-2H3,(H,14,17). The number of aliphatic hydroxyl groups is 1. The van der Waals surface area contributed by atoms with Crippen molar-refractivity contribution in [3.63, 3.8) is 0 Å². The zero-order chi connectivity index (χ0) is 14.7. The van der Waals surface area contributed by atoms with Crippen LogP contribution in [0.3, 0.4) is 0 Å². The average molecular weight is 280 g/mol. The van der Waals surface area contributed by atoms with Gasteiger partial charge in [0.25, 0.3) is 5.91 Å². The molecule has 0 aromatic heterocycles. The van der Waals surface area contributed by atoms with Gasteiger partial charge in [-0.05, 0) is 17.7 Å². The van der Waals surface area contributed by atoms with E-state index in [1.54, 1.807) is 12.1 Å². The SMILES string of the molecule is CNC(=O)CN1C(=O)COc2c(OC)cc(CO)cc21. The van der Waals surface area contributed by atoms with Gasteiger partial charge in [0.15, 0.2) is 18.1 Å². The number of carbonyl (C=O) groups excluding carboxylic acids is 2. The van der Waals surface area contributed by atoms with Crippen LogP contribution in [-0.2, 0) is 16.2 Å². The lowest BCUT2D eigenvalue weighted by Gasteiger charge is -2.30. The largest absolute Gasteiger partial charge is 0.493 e. The Labute approximate surface area is 116 Å². The molecule has 2 amide bonds. The van der Waals surface area contributed by atoms with Crippen LogP contribution in [0.4, 0.5) is 5.69 Å². The first-order chi connectivity index (χ1) is 9.60. The first kappa shape index (κ1) is 14.1. The highest BCUT2D eigenvalue weighted by Crippen LogP contribution is 2.41. The van der Waals surface area contributed by atoms with Gasteiger partial charge in [0, 0.05) is 7.05 Å². The molecule has 0 saturated carbocycles. The maximum atomic E-state index is 11.9. The van der Waals surface area contributed by atoms with Gasteiger partial charge in [-0.3, -0.25) is 14.5 Å². The van der Waals surface area contributed by atoms with Crippen LogP contribution < -0.4 is 19.7 Å². The monoisotopic (exact) mass is 280 g/mol. The first-order valence-corrected chi connectivity index (χ1v) is 6.06. The van der Waals surface area contributed by atoms with Crippen LogP contribution in [0.1, 0.15) is 5.56 Å². The van der Waals surface area contributed by atoms with Gasteiger partial charge in [0.05, 0.1) is 19.4 Å². The normalized spacial score (nSPS) is 13.6. The number of anilines is 1. The Balaban J connectivity index is 2.47. The molecule has 2 N–H and O–H groups in total. The molecule has 2 rings (SSSR count). The minimum absolute atomic E-state index is 0.107. The van der Waals surface area contributed by atoms with Crippen LogP contribution in [-0.4, -0.2) is 44.2 Å². The molecule has 1 heterocycles. The molecule has 7 heteroatoms. The molecule has 7 nitrogen and oxygen atoms in total. The molecule has 0 aliphatic carbocycles. The zero-order valence-electron chi connectivity index (χ0n) is 11.3. The highest BCUT2D eigenvalue weighted by Gasteiger charge is 2.30. The first-order valence-electron chi connectivity index (χ1n) is 6.06. The fourth-order valence-corrected chi connectivity index (χ4v) is 1.97. The average Bonchev–Trinajstić information content (AvgIpc) is 2.48. The molecular weight excluding hydrogens is 264 g/mol. The lowest BCUT2D eigenvalue weighted by molar-refractivity contribution is -0.125. The van der Waals surface area contributed by atoms with E-state index in [9.17, 15) is 14.7 Å². The zero-order valence-corrected chi connectivity index (χ0v) is 11.3. The van der Waals surface area contributed by atoms with Crippen LogP contribution in [0.15, 0.2) is 12.1 Å². The molecule has 0 saturated heterocycles. The summed E-state index contributed by atoms with van der Waals surface area (Å²) < 4.78 is 10.6. The molecule has 108 valence electrons. The third-order valence-electron chi connectivity index (χ3n) is 3.01. The maximum absolute atomic E-state index is 11.9. The summed E-state index contributed by atoms with van der Waals surface area (Å²) in [4.78, 5) is 24.8. The van der Waals surface area contributed by atoms with Crippen molar-refractivity contribution in [2.24, 2.45) is 0 Å². The van der Waals surface area contributed by atoms with Crippen molar-refractivity contribution in [1.29, 1.82) is 0 Å². The number of benzene rings is 1. The van der Waals surface area contributed by atoms with Crippen molar-refractivity contribution < 1.29 is 24.2 Å². The van der Waals surface area contributed by atoms with E-state index in [2.05, 4.69) is 5.32 Å². The van der Waals surface area contributed by atoms with Crippen LogP contribution >= 0.6 is 0 Å². The number of amides is 2. The molecule has 0 atom stereocenters. The van der Waals surface area contributed by atoms with E-state index < -0.39 is 0 Å². The number of hydrogen-bond donors (Lipinski definition) is 2. The number of nitrogens with zero attached hydrogens (tertiary/aromatic N) is 1. The van der Waals surface area contributed by atoms with Gasteiger partial charge >= 0.3 is 0 Å². The third kappa shape index (κ3) is 2.53. The van der Waals surface area contributed by atoms with E-state index in [0.717, 1.165) is 0 Å². The van der Waals surface area contributed by atoms with Crippen molar-refractivity contribution in [2.75, 3.05) is 32.2 Å². The van der Waals surface area contributed by atoms with Gasteiger partial charge < -0.3 is 19.9 Å². The van der Waals surface area contributed by atoms with Gasteiger partial charge in [-0.1, -0.05) is 0 Å². The molecule has 0 radical (unpaired) electrons. The van der Waals surface area contributed by atoms with Gasteiger partial charge in [-0.25, -0.2) is 0 Å². The quantitative estimate of drug-likeness (QED) is 0.787. The van der Waals surface area contributed by atoms with E-state index in [0.29, 0.717) is 22.7 Å². The van der Waals surface area contributed by atoms with Crippen molar-refractivity contribution in [3.05, 3.63) is 17.7 Å². The minimum Gasteiger partial charge on any atom is -0.493 e. The summed E-state index contributed by atoms with van der Waals surface area (Å²) in [5, 5.41) is 11.7. The van der Waals surface area contributed by atoms with Crippen LogP contribution in [0.25, 0.3) is 0 Å². The highest BCUT2D eigenvalue weighted by molar-refractivity contribution is 6.02. The number of hydrogen-bond acceptors (Lipinski definition) is 5. The molecule has 1 aromatic carbocycles. The predicted octanol–water partition coefficient (Wildman–Crippen LogP) is -0.341. The molecule has 1 aromatic rings. The van der Waals surface area contributed by atoms with Gasteiger partial charge in [-0.15, -0.1) is 0 Å². The van der Waals surface area contributed by atoms with E-state index in [1.807, 2.05) is 0 Å². The summed E-state index contributed by atoms with van der Waals surface area (Å²) in [5.74, 6) is 0.201. The Hall–Kier alpha value is -2.28. The number of methoxy groups -OCH3 is 1. The Morgan fingerprint density at radius 1 is 1.55 bits per heavy atom. The number of ether oxygens (including phenoxy) is 2. The topological polar surface area (TPSA) is 88.1 Å². The van der Waals surface area contributed by atoms with Crippen LogP contribution in [0.5, 0.6) is 11.5 Å². The third-order valence-corrected chi connectivity index (χ3v) is 3.01. The second kappa shape index (κ2) is 5.79. The number of likely N-dealkylation sites (N-methyl/N-ethyl adjacent to an activating group) is 1.